The summed E-state index contributed by atoms with van der Waals surface area (Å²) >= 11 is 0. The summed E-state index contributed by atoms with van der Waals surface area (Å²) in [5.41, 5.74) is -0.676. The number of rotatable bonds is 4. The van der Waals surface area contributed by atoms with E-state index in [1.54, 1.807) is 11.2 Å². The van der Waals surface area contributed by atoms with E-state index in [0.29, 0.717) is 26.1 Å². The van der Waals surface area contributed by atoms with E-state index >= 15 is 0 Å². The van der Waals surface area contributed by atoms with Crippen molar-refractivity contribution in [1.82, 2.24) is 15.2 Å². The van der Waals surface area contributed by atoms with Gasteiger partial charge in [0.15, 0.2) is 6.39 Å². The molecule has 7 heteroatoms. The second-order valence-corrected chi connectivity index (χ2v) is 6.46. The Morgan fingerprint density at radius 3 is 3.00 bits per heavy atom. The lowest BCUT2D eigenvalue weighted by atomic mass is 10.0. The predicted octanol–water partition coefficient (Wildman–Crippen LogP) is 1.14. The third-order valence-corrected chi connectivity index (χ3v) is 3.23. The van der Waals surface area contributed by atoms with E-state index in [0.717, 1.165) is 5.69 Å². The first-order chi connectivity index (χ1) is 9.77. The Kier molecular flexibility index (Phi) is 4.53. The Hall–Kier alpha value is -1.60. The van der Waals surface area contributed by atoms with Gasteiger partial charge in [-0.05, 0) is 27.2 Å². The van der Waals surface area contributed by atoms with Crippen LogP contribution in [0.15, 0.2) is 17.1 Å². The molecule has 1 atom stereocenters. The van der Waals surface area contributed by atoms with E-state index in [9.17, 15) is 9.90 Å². The maximum atomic E-state index is 12.0. The van der Waals surface area contributed by atoms with Gasteiger partial charge in [0, 0.05) is 19.6 Å². The molecule has 2 rings (SSSR count). The maximum absolute atomic E-state index is 12.0. The zero-order valence-electron chi connectivity index (χ0n) is 12.8. The van der Waals surface area contributed by atoms with E-state index < -0.39 is 11.2 Å². The summed E-state index contributed by atoms with van der Waals surface area (Å²) < 4.78 is 10.2. The highest BCUT2D eigenvalue weighted by Gasteiger charge is 2.39. The second kappa shape index (κ2) is 6.03. The highest BCUT2D eigenvalue weighted by Crippen LogP contribution is 2.22. The number of amides is 1. The van der Waals surface area contributed by atoms with Gasteiger partial charge < -0.3 is 24.5 Å². The number of ether oxygens (including phenoxy) is 1. The minimum Gasteiger partial charge on any atom is -0.451 e. The largest absolute Gasteiger partial charge is 0.451 e. The van der Waals surface area contributed by atoms with Crippen LogP contribution in [0.2, 0.25) is 0 Å². The number of hydrogen-bond donors (Lipinski definition) is 2. The monoisotopic (exact) mass is 297 g/mol. The lowest BCUT2D eigenvalue weighted by molar-refractivity contribution is 0.0153. The first-order valence-corrected chi connectivity index (χ1v) is 7.06. The number of β-amino-alcohol motifs (C(OH)–C–C–N with tert-alkyl or cyclic N) is 1. The Bertz CT molecular complexity index is 469. The van der Waals surface area contributed by atoms with Gasteiger partial charge in [0.2, 0.25) is 0 Å². The topological polar surface area (TPSA) is 87.8 Å². The highest BCUT2D eigenvalue weighted by atomic mass is 16.6. The molecular formula is C14H23N3O4. The Morgan fingerprint density at radius 1 is 1.62 bits per heavy atom. The van der Waals surface area contributed by atoms with E-state index in [-0.39, 0.29) is 12.6 Å². The lowest BCUT2D eigenvalue weighted by Gasteiger charge is -2.26. The summed E-state index contributed by atoms with van der Waals surface area (Å²) in [7, 11) is 0. The van der Waals surface area contributed by atoms with Crippen molar-refractivity contribution < 1.29 is 19.1 Å². The standard InChI is InChI=1S/C14H23N3O4/c1-13(2,3)21-12(18)17-5-4-14(19,9-17)8-15-6-11-7-20-10-16-11/h7,10,15,19H,4-6,8-9H2,1-3H3. The SMILES string of the molecule is CC(C)(C)OC(=O)N1CCC(O)(CNCc2cocn2)C1. The van der Waals surface area contributed by atoms with Crippen LogP contribution in [0.4, 0.5) is 4.79 Å². The van der Waals surface area contributed by atoms with E-state index in [2.05, 4.69) is 10.3 Å². The van der Waals surface area contributed by atoms with Crippen LogP contribution in [0.3, 0.4) is 0 Å². The molecule has 0 spiro atoms. The molecule has 1 aliphatic rings. The van der Waals surface area contributed by atoms with Gasteiger partial charge in [-0.1, -0.05) is 0 Å². The zero-order valence-corrected chi connectivity index (χ0v) is 12.8. The minimum atomic E-state index is -0.930. The van der Waals surface area contributed by atoms with Crippen LogP contribution in [0.5, 0.6) is 0 Å². The van der Waals surface area contributed by atoms with Gasteiger partial charge in [0.05, 0.1) is 17.8 Å². The van der Waals surface area contributed by atoms with Gasteiger partial charge >= 0.3 is 6.09 Å². The fraction of sp³-hybridized carbons (Fsp3) is 0.714. The van der Waals surface area contributed by atoms with Gasteiger partial charge in [-0.2, -0.15) is 0 Å². The Labute approximate surface area is 124 Å². The lowest BCUT2D eigenvalue weighted by Crippen LogP contribution is -2.44. The molecule has 1 amide bonds. The van der Waals surface area contributed by atoms with Gasteiger partial charge in [0.25, 0.3) is 0 Å². The molecule has 1 aliphatic heterocycles. The van der Waals surface area contributed by atoms with Crippen molar-refractivity contribution in [3.05, 3.63) is 18.4 Å². The van der Waals surface area contributed by atoms with Crippen molar-refractivity contribution >= 4 is 6.09 Å². The molecule has 0 radical (unpaired) electrons. The molecule has 118 valence electrons. The van der Waals surface area contributed by atoms with E-state index in [4.69, 9.17) is 9.15 Å². The van der Waals surface area contributed by atoms with Crippen LogP contribution in [0.1, 0.15) is 32.9 Å². The fourth-order valence-corrected chi connectivity index (χ4v) is 2.23. The van der Waals surface area contributed by atoms with Crippen LogP contribution in [-0.4, -0.2) is 51.9 Å². The molecule has 0 saturated carbocycles. The van der Waals surface area contributed by atoms with E-state index in [1.807, 2.05) is 20.8 Å². The van der Waals surface area contributed by atoms with Crippen LogP contribution in [0, 0.1) is 0 Å². The number of aromatic nitrogens is 1. The number of oxazole rings is 1. The molecule has 21 heavy (non-hydrogen) atoms. The highest BCUT2D eigenvalue weighted by molar-refractivity contribution is 5.68. The van der Waals surface area contributed by atoms with Crippen molar-refractivity contribution in [3.8, 4) is 0 Å². The summed E-state index contributed by atoms with van der Waals surface area (Å²) in [5.74, 6) is 0. The summed E-state index contributed by atoms with van der Waals surface area (Å²) in [4.78, 5) is 17.5. The number of nitrogens with zero attached hydrogens (tertiary/aromatic N) is 2. The van der Waals surface area contributed by atoms with Crippen molar-refractivity contribution in [3.63, 3.8) is 0 Å². The summed E-state index contributed by atoms with van der Waals surface area (Å²) in [6, 6.07) is 0. The van der Waals surface area contributed by atoms with Crippen LogP contribution >= 0.6 is 0 Å². The summed E-state index contributed by atoms with van der Waals surface area (Å²) in [6.07, 6.45) is 3.07. The Balaban J connectivity index is 1.78. The van der Waals surface area contributed by atoms with Crippen LogP contribution in [-0.2, 0) is 11.3 Å². The van der Waals surface area contributed by atoms with Gasteiger partial charge in [-0.25, -0.2) is 9.78 Å². The molecule has 2 N–H and O–H groups in total. The number of nitrogens with one attached hydrogen (secondary N) is 1. The van der Waals surface area contributed by atoms with Gasteiger partial charge in [0.1, 0.15) is 11.9 Å². The smallest absolute Gasteiger partial charge is 0.410 e. The molecule has 1 aromatic heterocycles. The van der Waals surface area contributed by atoms with Crippen molar-refractivity contribution in [2.45, 2.75) is 44.9 Å². The second-order valence-electron chi connectivity index (χ2n) is 6.46. The molecule has 1 unspecified atom stereocenters. The van der Waals surface area contributed by atoms with Gasteiger partial charge in [-0.15, -0.1) is 0 Å². The first-order valence-electron chi connectivity index (χ1n) is 7.06. The number of carbonyl (C=O) groups is 1. The average Bonchev–Trinajstić information content (AvgIpc) is 2.97. The predicted molar refractivity (Wildman–Crippen MR) is 75.6 cm³/mol. The first kappa shape index (κ1) is 15.8. The molecular weight excluding hydrogens is 274 g/mol. The number of aliphatic hydroxyl groups is 1. The molecule has 7 nitrogen and oxygen atoms in total. The molecule has 1 saturated heterocycles. The number of carbonyl (C=O) groups excluding carboxylic acids is 1. The van der Waals surface area contributed by atoms with Crippen LogP contribution < -0.4 is 5.32 Å². The molecule has 1 fully saturated rings. The molecule has 2 heterocycles. The van der Waals surface area contributed by atoms with Crippen molar-refractivity contribution in [1.29, 1.82) is 0 Å². The average molecular weight is 297 g/mol. The van der Waals surface area contributed by atoms with Crippen LogP contribution in [0.25, 0.3) is 0 Å². The summed E-state index contributed by atoms with van der Waals surface area (Å²) in [5, 5.41) is 13.6. The molecule has 0 bridgehead atoms. The van der Waals surface area contributed by atoms with Crippen molar-refractivity contribution in [2.75, 3.05) is 19.6 Å². The summed E-state index contributed by atoms with van der Waals surface area (Å²) in [6.45, 7) is 7.15. The molecule has 0 aliphatic carbocycles. The normalized spacial score (nSPS) is 22.6. The van der Waals surface area contributed by atoms with Gasteiger partial charge in [-0.3, -0.25) is 0 Å². The maximum Gasteiger partial charge on any atom is 0.410 e. The third-order valence-electron chi connectivity index (χ3n) is 3.23. The molecule has 1 aromatic rings. The van der Waals surface area contributed by atoms with E-state index in [1.165, 1.54) is 6.39 Å². The zero-order chi connectivity index (χ0) is 15.5. The van der Waals surface area contributed by atoms with Crippen molar-refractivity contribution in [2.24, 2.45) is 0 Å². The number of hydrogen-bond acceptors (Lipinski definition) is 6. The quantitative estimate of drug-likeness (QED) is 0.866. The Morgan fingerprint density at radius 2 is 2.38 bits per heavy atom. The third kappa shape index (κ3) is 4.71. The minimum absolute atomic E-state index is 0.272. The fourth-order valence-electron chi connectivity index (χ4n) is 2.23. The molecule has 0 aromatic carbocycles. The number of likely N-dealkylation sites (tertiary alicyclic amines) is 1.